The van der Waals surface area contributed by atoms with Gasteiger partial charge in [-0.25, -0.2) is 8.78 Å². The zero-order valence-electron chi connectivity index (χ0n) is 7.33. The largest absolute Gasteiger partial charge is 0.458 e. The van der Waals surface area contributed by atoms with Gasteiger partial charge in [0.25, 0.3) is 0 Å². The monoisotopic (exact) mass is 240 g/mol. The van der Waals surface area contributed by atoms with Crippen LogP contribution in [0.25, 0.3) is 0 Å². The molecule has 0 N–H and O–H groups in total. The predicted octanol–water partition coefficient (Wildman–Crippen LogP) is 3.14. The van der Waals surface area contributed by atoms with Gasteiger partial charge in [0.2, 0.25) is 0 Å². The Kier molecular flexibility index (Phi) is 3.32. The summed E-state index contributed by atoms with van der Waals surface area (Å²) in [6.07, 6.45) is -4.87. The van der Waals surface area contributed by atoms with Gasteiger partial charge in [-0.3, -0.25) is 4.94 Å². The molecule has 0 aromatic heterocycles. The van der Waals surface area contributed by atoms with Crippen molar-refractivity contribution in [1.82, 2.24) is 0 Å². The van der Waals surface area contributed by atoms with E-state index < -0.39 is 29.1 Å². The van der Waals surface area contributed by atoms with Gasteiger partial charge in [0.05, 0.1) is 5.56 Å². The van der Waals surface area contributed by atoms with E-state index in [9.17, 15) is 26.5 Å². The zero-order chi connectivity index (χ0) is 12.3. The number of hydrogen-bond acceptors (Lipinski definition) is 1. The summed E-state index contributed by atoms with van der Waals surface area (Å²) in [6.45, 7) is 0. The number of benzene rings is 1. The molecule has 0 amide bonds. The number of rotatable bonds is 1. The summed E-state index contributed by atoms with van der Waals surface area (Å²) in [4.78, 5) is 3.03. The van der Waals surface area contributed by atoms with Crippen molar-refractivity contribution in [2.45, 2.75) is 6.18 Å². The van der Waals surface area contributed by atoms with Crippen LogP contribution in [0.1, 0.15) is 5.56 Å². The van der Waals surface area contributed by atoms with Crippen molar-refractivity contribution >= 4 is 0 Å². The lowest BCUT2D eigenvalue weighted by Gasteiger charge is -1.99. The molecule has 0 aliphatic heterocycles. The van der Waals surface area contributed by atoms with Crippen LogP contribution in [-0.2, 0) is 0 Å². The van der Waals surface area contributed by atoms with E-state index in [1.807, 2.05) is 0 Å². The van der Waals surface area contributed by atoms with Gasteiger partial charge in [0.15, 0.2) is 5.75 Å². The summed E-state index contributed by atoms with van der Waals surface area (Å²) in [5.41, 5.74) is -1.10. The standard InChI is InChI=1S/C9H2F6O/c10-7-3-5(16-15)4-8(11)6(7)1-2-9(12,13)14/h3-4H. The van der Waals surface area contributed by atoms with Gasteiger partial charge in [-0.05, 0) is 0 Å². The molecule has 86 valence electrons. The third-order valence-corrected chi connectivity index (χ3v) is 1.43. The van der Waals surface area contributed by atoms with Crippen molar-refractivity contribution in [3.63, 3.8) is 0 Å². The van der Waals surface area contributed by atoms with Crippen molar-refractivity contribution in [2.75, 3.05) is 0 Å². The Bertz CT molecular complexity index is 430. The highest BCUT2D eigenvalue weighted by atomic mass is 19.4. The predicted molar refractivity (Wildman–Crippen MR) is 41.0 cm³/mol. The highest BCUT2D eigenvalue weighted by Crippen LogP contribution is 2.21. The maximum atomic E-state index is 12.9. The molecule has 0 heterocycles. The quantitative estimate of drug-likeness (QED) is 0.541. The summed E-state index contributed by atoms with van der Waals surface area (Å²) in [7, 11) is 0. The second kappa shape index (κ2) is 4.35. The van der Waals surface area contributed by atoms with Crippen LogP contribution in [0, 0.1) is 23.5 Å². The fourth-order valence-electron chi connectivity index (χ4n) is 0.847. The number of halogens is 6. The molecule has 16 heavy (non-hydrogen) atoms. The van der Waals surface area contributed by atoms with Crippen molar-refractivity contribution in [3.05, 3.63) is 29.3 Å². The maximum Gasteiger partial charge on any atom is 0.458 e. The molecule has 0 aliphatic rings. The van der Waals surface area contributed by atoms with Crippen LogP contribution >= 0.6 is 0 Å². The van der Waals surface area contributed by atoms with Crippen molar-refractivity contribution in [1.29, 1.82) is 0 Å². The summed E-state index contributed by atoms with van der Waals surface area (Å²) in [6, 6.07) is 0.757. The van der Waals surface area contributed by atoms with Crippen LogP contribution in [0.4, 0.5) is 26.5 Å². The minimum atomic E-state index is -4.87. The van der Waals surface area contributed by atoms with Gasteiger partial charge < -0.3 is 0 Å². The van der Waals surface area contributed by atoms with Gasteiger partial charge in [0.1, 0.15) is 11.6 Å². The van der Waals surface area contributed by atoms with E-state index in [1.165, 1.54) is 5.92 Å². The Morgan fingerprint density at radius 1 is 1.06 bits per heavy atom. The topological polar surface area (TPSA) is 9.23 Å². The Morgan fingerprint density at radius 2 is 1.56 bits per heavy atom. The molecule has 1 aromatic carbocycles. The average Bonchev–Trinajstić information content (AvgIpc) is 2.14. The Labute approximate surface area is 85.5 Å². The van der Waals surface area contributed by atoms with Crippen molar-refractivity contribution in [2.24, 2.45) is 0 Å². The Balaban J connectivity index is 3.19. The van der Waals surface area contributed by atoms with Gasteiger partial charge in [-0.15, -0.1) is 0 Å². The molecule has 0 saturated carbocycles. The minimum Gasteiger partial charge on any atom is -0.294 e. The summed E-state index contributed by atoms with van der Waals surface area (Å²) >= 11 is 0. The van der Waals surface area contributed by atoms with Crippen LogP contribution in [-0.4, -0.2) is 6.18 Å². The van der Waals surface area contributed by atoms with E-state index in [0.29, 0.717) is 18.1 Å². The SMILES string of the molecule is FOc1cc(F)c(C#CC(F)(F)F)c(F)c1. The van der Waals surface area contributed by atoms with Crippen LogP contribution in [0.5, 0.6) is 5.75 Å². The summed E-state index contributed by atoms with van der Waals surface area (Å²) in [5.74, 6) is -1.72. The first-order valence-electron chi connectivity index (χ1n) is 3.71. The molecule has 0 spiro atoms. The maximum absolute atomic E-state index is 12.9. The van der Waals surface area contributed by atoms with Gasteiger partial charge in [0, 0.05) is 22.6 Å². The molecule has 0 atom stereocenters. The Hall–Kier alpha value is -1.84. The molecule has 1 aromatic rings. The molecular weight excluding hydrogens is 238 g/mol. The third-order valence-electron chi connectivity index (χ3n) is 1.43. The second-order valence-corrected chi connectivity index (χ2v) is 2.59. The molecule has 7 heteroatoms. The summed E-state index contributed by atoms with van der Waals surface area (Å²) < 4.78 is 72.3. The zero-order valence-corrected chi connectivity index (χ0v) is 7.33. The van der Waals surface area contributed by atoms with E-state index in [1.54, 1.807) is 0 Å². The molecule has 0 aliphatic carbocycles. The lowest BCUT2D eigenvalue weighted by atomic mass is 10.2. The normalized spacial score (nSPS) is 10.6. The van der Waals surface area contributed by atoms with E-state index >= 15 is 0 Å². The first-order valence-corrected chi connectivity index (χ1v) is 3.71. The average molecular weight is 240 g/mol. The molecule has 1 rings (SSSR count). The van der Waals surface area contributed by atoms with Crippen LogP contribution < -0.4 is 4.94 Å². The van der Waals surface area contributed by atoms with Crippen LogP contribution in [0.15, 0.2) is 12.1 Å². The lowest BCUT2D eigenvalue weighted by Crippen LogP contribution is -2.02. The molecule has 0 bridgehead atoms. The van der Waals surface area contributed by atoms with Gasteiger partial charge >= 0.3 is 6.18 Å². The molecular formula is C9H2F6O. The smallest absolute Gasteiger partial charge is 0.294 e. The summed E-state index contributed by atoms with van der Waals surface area (Å²) in [5, 5.41) is 0. The van der Waals surface area contributed by atoms with Crippen molar-refractivity contribution < 1.29 is 31.4 Å². The van der Waals surface area contributed by atoms with Crippen molar-refractivity contribution in [3.8, 4) is 17.6 Å². The van der Waals surface area contributed by atoms with E-state index in [-0.39, 0.29) is 0 Å². The third kappa shape index (κ3) is 3.08. The Morgan fingerprint density at radius 3 is 1.94 bits per heavy atom. The fraction of sp³-hybridized carbons (Fsp3) is 0.111. The second-order valence-electron chi connectivity index (χ2n) is 2.59. The van der Waals surface area contributed by atoms with E-state index in [0.717, 1.165) is 0 Å². The van der Waals surface area contributed by atoms with Gasteiger partial charge in [-0.2, -0.15) is 13.2 Å². The fourth-order valence-corrected chi connectivity index (χ4v) is 0.847. The van der Waals surface area contributed by atoms with Crippen LogP contribution in [0.3, 0.4) is 0 Å². The number of hydrogen-bond donors (Lipinski definition) is 0. The molecule has 0 saturated heterocycles. The van der Waals surface area contributed by atoms with E-state index in [2.05, 4.69) is 4.94 Å². The van der Waals surface area contributed by atoms with E-state index in [4.69, 9.17) is 0 Å². The minimum absolute atomic E-state index is 0.378. The lowest BCUT2D eigenvalue weighted by molar-refractivity contribution is -0.0696. The highest BCUT2D eigenvalue weighted by Gasteiger charge is 2.23. The molecule has 0 unspecified atom stereocenters. The molecule has 0 radical (unpaired) electrons. The highest BCUT2D eigenvalue weighted by molar-refractivity contribution is 5.41. The van der Waals surface area contributed by atoms with Crippen LogP contribution in [0.2, 0.25) is 0 Å². The first kappa shape index (κ1) is 12.2. The number of alkyl halides is 3. The molecule has 1 nitrogen and oxygen atoms in total. The first-order chi connectivity index (χ1) is 7.33. The molecule has 0 fully saturated rings. The van der Waals surface area contributed by atoms with Gasteiger partial charge in [-0.1, -0.05) is 5.92 Å².